The average molecular weight is 345 g/mol. The van der Waals surface area contributed by atoms with Crippen LogP contribution >= 0.6 is 11.8 Å². The van der Waals surface area contributed by atoms with E-state index < -0.39 is 0 Å². The van der Waals surface area contributed by atoms with Gasteiger partial charge in [0, 0.05) is 12.1 Å². The Hall–Kier alpha value is -1.69. The first-order valence-electron chi connectivity index (χ1n) is 8.77. The summed E-state index contributed by atoms with van der Waals surface area (Å²) in [6.45, 7) is 2.61. The van der Waals surface area contributed by atoms with E-state index in [4.69, 9.17) is 4.74 Å². The van der Waals surface area contributed by atoms with Gasteiger partial charge in [0.25, 0.3) is 0 Å². The molecule has 2 fully saturated rings. The number of amides is 1. The molecule has 2 N–H and O–H groups in total. The summed E-state index contributed by atoms with van der Waals surface area (Å²) in [5.74, 6) is 2.83. The number of carbonyl (C=O) groups is 1. The lowest BCUT2D eigenvalue weighted by Crippen LogP contribution is -2.39. The van der Waals surface area contributed by atoms with Crippen molar-refractivity contribution in [2.75, 3.05) is 12.4 Å². The van der Waals surface area contributed by atoms with Crippen LogP contribution in [0, 0.1) is 11.8 Å². The van der Waals surface area contributed by atoms with Gasteiger partial charge in [-0.3, -0.25) is 4.79 Å². The van der Waals surface area contributed by atoms with Crippen LogP contribution in [0.15, 0.2) is 23.4 Å². The van der Waals surface area contributed by atoms with E-state index >= 15 is 0 Å². The van der Waals surface area contributed by atoms with Crippen molar-refractivity contribution in [3.8, 4) is 5.75 Å². The van der Waals surface area contributed by atoms with Crippen molar-refractivity contribution in [3.05, 3.63) is 18.2 Å². The summed E-state index contributed by atoms with van der Waals surface area (Å²) < 4.78 is 5.50. The van der Waals surface area contributed by atoms with Crippen molar-refractivity contribution < 1.29 is 9.53 Å². The average Bonchev–Trinajstić information content (AvgIpc) is 3.48. The van der Waals surface area contributed by atoms with E-state index in [1.165, 1.54) is 37.4 Å². The third kappa shape index (κ3) is 3.69. The number of carbonyl (C=O) groups excluding carboxylic acids is 1. The minimum atomic E-state index is 0.124. The second kappa shape index (κ2) is 6.67. The van der Waals surface area contributed by atoms with E-state index in [1.54, 1.807) is 0 Å². The van der Waals surface area contributed by atoms with Gasteiger partial charge in [-0.25, -0.2) is 4.98 Å². The van der Waals surface area contributed by atoms with Crippen LogP contribution < -0.4 is 10.1 Å². The molecule has 1 aromatic heterocycles. The van der Waals surface area contributed by atoms with Crippen LogP contribution in [0.25, 0.3) is 11.0 Å². The molecule has 0 aliphatic heterocycles. The minimum Gasteiger partial charge on any atom is -0.494 e. The van der Waals surface area contributed by atoms with Crippen LogP contribution in [0.1, 0.15) is 32.6 Å². The van der Waals surface area contributed by atoms with Crippen molar-refractivity contribution >= 4 is 28.7 Å². The van der Waals surface area contributed by atoms with Gasteiger partial charge >= 0.3 is 0 Å². The number of aromatic nitrogens is 2. The number of hydrogen-bond donors (Lipinski definition) is 2. The number of thioether (sulfide) groups is 1. The highest BCUT2D eigenvalue weighted by molar-refractivity contribution is 7.99. The molecule has 0 atom stereocenters. The molecule has 1 aromatic carbocycles. The molecule has 2 aromatic rings. The van der Waals surface area contributed by atoms with Gasteiger partial charge in [0.05, 0.1) is 23.4 Å². The molecular formula is C18H23N3O2S. The highest BCUT2D eigenvalue weighted by Gasteiger charge is 2.42. The third-order valence-corrected chi connectivity index (χ3v) is 5.54. The van der Waals surface area contributed by atoms with Crippen LogP contribution in [0.3, 0.4) is 0 Å². The van der Waals surface area contributed by atoms with Gasteiger partial charge in [-0.2, -0.15) is 0 Å². The molecule has 0 radical (unpaired) electrons. The standard InChI is InChI=1S/C18H23N3O2S/c1-2-23-13-7-8-14-15(9-13)20-18(19-14)24-10-16(22)21-17(11-3-4-11)12-5-6-12/h7-9,11-12,17H,2-6,10H2,1H3,(H,19,20)(H,21,22). The van der Waals surface area contributed by atoms with Crippen molar-refractivity contribution in [2.24, 2.45) is 11.8 Å². The first-order valence-corrected chi connectivity index (χ1v) is 9.76. The second-order valence-corrected chi connectivity index (χ2v) is 7.67. The SMILES string of the molecule is CCOc1ccc2nc(SCC(=O)NC(C3CC3)C3CC3)[nH]c2c1. The topological polar surface area (TPSA) is 67.0 Å². The summed E-state index contributed by atoms with van der Waals surface area (Å²) >= 11 is 1.46. The summed E-state index contributed by atoms with van der Waals surface area (Å²) in [6, 6.07) is 6.23. The Bertz CT molecular complexity index is 725. The maximum absolute atomic E-state index is 12.3. The largest absolute Gasteiger partial charge is 0.494 e. The van der Waals surface area contributed by atoms with E-state index in [9.17, 15) is 4.79 Å². The Labute approximate surface area is 145 Å². The summed E-state index contributed by atoms with van der Waals surface area (Å²) in [7, 11) is 0. The van der Waals surface area contributed by atoms with Gasteiger partial charge in [0.1, 0.15) is 5.75 Å². The molecule has 2 aliphatic rings. The monoisotopic (exact) mass is 345 g/mol. The molecule has 1 heterocycles. The lowest BCUT2D eigenvalue weighted by atomic mass is 10.1. The van der Waals surface area contributed by atoms with Gasteiger partial charge in [0.15, 0.2) is 5.16 Å². The van der Waals surface area contributed by atoms with Gasteiger partial charge in [0.2, 0.25) is 5.91 Å². The third-order valence-electron chi connectivity index (χ3n) is 4.67. The van der Waals surface area contributed by atoms with Crippen molar-refractivity contribution in [1.29, 1.82) is 0 Å². The predicted octanol–water partition coefficient (Wildman–Crippen LogP) is 3.36. The Balaban J connectivity index is 1.34. The fourth-order valence-electron chi connectivity index (χ4n) is 3.18. The van der Waals surface area contributed by atoms with Gasteiger partial charge in [-0.15, -0.1) is 0 Å². The quantitative estimate of drug-likeness (QED) is 0.720. The van der Waals surface area contributed by atoms with Crippen LogP contribution in [0.4, 0.5) is 0 Å². The molecule has 5 nitrogen and oxygen atoms in total. The molecule has 6 heteroatoms. The minimum absolute atomic E-state index is 0.124. The zero-order chi connectivity index (χ0) is 16.5. The molecule has 2 aliphatic carbocycles. The van der Waals surface area contributed by atoms with Gasteiger partial charge < -0.3 is 15.0 Å². The van der Waals surface area contributed by atoms with Gasteiger partial charge in [-0.05, 0) is 56.6 Å². The molecule has 0 bridgehead atoms. The summed E-state index contributed by atoms with van der Waals surface area (Å²) in [5, 5.41) is 4.03. The number of aromatic amines is 1. The van der Waals surface area contributed by atoms with Crippen molar-refractivity contribution in [3.63, 3.8) is 0 Å². The van der Waals surface area contributed by atoms with Crippen LogP contribution in [-0.2, 0) is 4.79 Å². The number of H-pyrrole nitrogens is 1. The van der Waals surface area contributed by atoms with Crippen LogP contribution in [-0.4, -0.2) is 34.3 Å². The Morgan fingerprint density at radius 3 is 2.79 bits per heavy atom. The zero-order valence-electron chi connectivity index (χ0n) is 13.9. The molecule has 0 spiro atoms. The van der Waals surface area contributed by atoms with E-state index in [0.717, 1.165) is 33.8 Å². The second-order valence-electron chi connectivity index (χ2n) is 6.71. The molecule has 1 amide bonds. The molecule has 2 saturated carbocycles. The van der Waals surface area contributed by atoms with Gasteiger partial charge in [-0.1, -0.05) is 11.8 Å². The van der Waals surface area contributed by atoms with E-state index in [2.05, 4.69) is 15.3 Å². The molecule has 24 heavy (non-hydrogen) atoms. The Morgan fingerprint density at radius 2 is 2.12 bits per heavy atom. The fourth-order valence-corrected chi connectivity index (χ4v) is 3.88. The van der Waals surface area contributed by atoms with Crippen molar-refractivity contribution in [2.45, 2.75) is 43.8 Å². The number of benzene rings is 1. The van der Waals surface area contributed by atoms with Crippen LogP contribution in [0.5, 0.6) is 5.75 Å². The predicted molar refractivity (Wildman–Crippen MR) is 95.4 cm³/mol. The number of rotatable bonds is 8. The highest BCUT2D eigenvalue weighted by atomic mass is 32.2. The number of nitrogens with zero attached hydrogens (tertiary/aromatic N) is 1. The van der Waals surface area contributed by atoms with E-state index in [1.807, 2.05) is 25.1 Å². The number of nitrogens with one attached hydrogen (secondary N) is 2. The van der Waals surface area contributed by atoms with Crippen LogP contribution in [0.2, 0.25) is 0 Å². The molecular weight excluding hydrogens is 322 g/mol. The molecule has 128 valence electrons. The lowest BCUT2D eigenvalue weighted by molar-refractivity contribution is -0.119. The Kier molecular flexibility index (Phi) is 4.39. The smallest absolute Gasteiger partial charge is 0.230 e. The molecule has 4 rings (SSSR count). The fraction of sp³-hybridized carbons (Fsp3) is 0.556. The lowest BCUT2D eigenvalue weighted by Gasteiger charge is -2.17. The Morgan fingerprint density at radius 1 is 1.38 bits per heavy atom. The highest BCUT2D eigenvalue weighted by Crippen LogP contribution is 2.44. The molecule has 0 saturated heterocycles. The number of imidazole rings is 1. The normalized spacial score (nSPS) is 17.4. The van der Waals surface area contributed by atoms with E-state index in [0.29, 0.717) is 18.4 Å². The number of hydrogen-bond acceptors (Lipinski definition) is 4. The summed E-state index contributed by atoms with van der Waals surface area (Å²) in [6.07, 6.45) is 5.11. The molecule has 0 unspecified atom stereocenters. The number of fused-ring (bicyclic) bond motifs is 1. The summed E-state index contributed by atoms with van der Waals surface area (Å²) in [5.41, 5.74) is 1.84. The van der Waals surface area contributed by atoms with E-state index in [-0.39, 0.29) is 5.91 Å². The number of ether oxygens (including phenoxy) is 1. The summed E-state index contributed by atoms with van der Waals surface area (Å²) in [4.78, 5) is 20.0. The zero-order valence-corrected chi connectivity index (χ0v) is 14.7. The maximum Gasteiger partial charge on any atom is 0.230 e. The first kappa shape index (κ1) is 15.8. The first-order chi connectivity index (χ1) is 11.7. The maximum atomic E-state index is 12.3. The van der Waals surface area contributed by atoms with Crippen molar-refractivity contribution in [1.82, 2.24) is 15.3 Å².